The minimum atomic E-state index is 0.138. The van der Waals surface area contributed by atoms with E-state index in [1.807, 2.05) is 12.3 Å². The molecule has 14 heavy (non-hydrogen) atoms. The summed E-state index contributed by atoms with van der Waals surface area (Å²) in [5.74, 6) is 0.921. The third-order valence-electron chi connectivity index (χ3n) is 3.27. The smallest absolute Gasteiger partial charge is 0.125 e. The van der Waals surface area contributed by atoms with E-state index in [1.54, 1.807) is 13.3 Å². The highest BCUT2D eigenvalue weighted by atomic mass is 16.5. The summed E-state index contributed by atoms with van der Waals surface area (Å²) in [7, 11) is 1.70. The molecule has 76 valence electrons. The van der Waals surface area contributed by atoms with Crippen LogP contribution < -0.4 is 10.5 Å². The molecule has 1 saturated carbocycles. The van der Waals surface area contributed by atoms with E-state index in [-0.39, 0.29) is 5.41 Å². The predicted octanol–water partition coefficient (Wildman–Crippen LogP) is 1.47. The number of methoxy groups -OCH3 is 1. The minimum Gasteiger partial charge on any atom is -0.496 e. The molecule has 0 aromatic carbocycles. The number of nitrogens with two attached hydrogens (primary N) is 1. The molecule has 1 fully saturated rings. The third-order valence-corrected chi connectivity index (χ3v) is 3.27. The average molecular weight is 192 g/mol. The normalized spacial score (nSPS) is 18.7. The van der Waals surface area contributed by atoms with Crippen molar-refractivity contribution >= 4 is 0 Å². The molecule has 1 aliphatic rings. The molecule has 1 aromatic rings. The second-order valence-corrected chi connectivity index (χ2v) is 3.91. The van der Waals surface area contributed by atoms with Crippen molar-refractivity contribution < 1.29 is 4.74 Å². The first-order valence-corrected chi connectivity index (χ1v) is 5.01. The summed E-state index contributed by atoms with van der Waals surface area (Å²) >= 11 is 0. The largest absolute Gasteiger partial charge is 0.496 e. The van der Waals surface area contributed by atoms with Gasteiger partial charge in [0.1, 0.15) is 5.75 Å². The Balaban J connectivity index is 2.38. The lowest BCUT2D eigenvalue weighted by atomic mass is 9.64. The van der Waals surface area contributed by atoms with Gasteiger partial charge in [-0.25, -0.2) is 0 Å². The number of ether oxygens (including phenoxy) is 1. The zero-order chi connectivity index (χ0) is 10.0. The van der Waals surface area contributed by atoms with E-state index < -0.39 is 0 Å². The monoisotopic (exact) mass is 192 g/mol. The lowest BCUT2D eigenvalue weighted by Crippen LogP contribution is -2.41. The number of hydrogen-bond acceptors (Lipinski definition) is 3. The molecule has 0 aliphatic heterocycles. The van der Waals surface area contributed by atoms with Crippen LogP contribution in [0.4, 0.5) is 0 Å². The zero-order valence-corrected chi connectivity index (χ0v) is 8.49. The molecule has 0 unspecified atom stereocenters. The number of rotatable bonds is 3. The Morgan fingerprint density at radius 1 is 1.57 bits per heavy atom. The minimum absolute atomic E-state index is 0.138. The molecule has 0 atom stereocenters. The average Bonchev–Trinajstić information content (AvgIpc) is 2.18. The lowest BCUT2D eigenvalue weighted by Gasteiger charge is -2.41. The number of nitrogens with zero attached hydrogens (tertiary/aromatic N) is 1. The van der Waals surface area contributed by atoms with Gasteiger partial charge in [0.25, 0.3) is 0 Å². The van der Waals surface area contributed by atoms with E-state index in [0.717, 1.165) is 18.6 Å². The van der Waals surface area contributed by atoms with Crippen LogP contribution in [0.1, 0.15) is 24.8 Å². The fraction of sp³-hybridized carbons (Fsp3) is 0.545. The van der Waals surface area contributed by atoms with Crippen LogP contribution in [0.15, 0.2) is 18.5 Å². The van der Waals surface area contributed by atoms with E-state index in [4.69, 9.17) is 10.5 Å². The van der Waals surface area contributed by atoms with Gasteiger partial charge >= 0.3 is 0 Å². The molecule has 1 aromatic heterocycles. The molecule has 3 heteroatoms. The molecule has 1 aliphatic carbocycles. The Morgan fingerprint density at radius 3 is 2.86 bits per heavy atom. The number of pyridine rings is 1. The van der Waals surface area contributed by atoms with Gasteiger partial charge in [0.15, 0.2) is 0 Å². The standard InChI is InChI=1S/C11H16N2O/c1-14-10-3-6-13-7-9(10)11(8-12)4-2-5-11/h3,6-7H,2,4-5,8,12H2,1H3. The lowest BCUT2D eigenvalue weighted by molar-refractivity contribution is 0.242. The first-order valence-electron chi connectivity index (χ1n) is 5.01. The molecule has 2 rings (SSSR count). The number of hydrogen-bond donors (Lipinski definition) is 1. The van der Waals surface area contributed by atoms with Crippen LogP contribution in [0.5, 0.6) is 5.75 Å². The van der Waals surface area contributed by atoms with Gasteiger partial charge in [0.2, 0.25) is 0 Å². The molecule has 3 nitrogen and oxygen atoms in total. The summed E-state index contributed by atoms with van der Waals surface area (Å²) in [5.41, 5.74) is 7.16. The quantitative estimate of drug-likeness (QED) is 0.789. The van der Waals surface area contributed by atoms with E-state index >= 15 is 0 Å². The van der Waals surface area contributed by atoms with Crippen molar-refractivity contribution in [3.05, 3.63) is 24.0 Å². The predicted molar refractivity (Wildman–Crippen MR) is 55.4 cm³/mol. The van der Waals surface area contributed by atoms with Crippen molar-refractivity contribution in [2.24, 2.45) is 5.73 Å². The van der Waals surface area contributed by atoms with Crippen molar-refractivity contribution in [3.63, 3.8) is 0 Å². The summed E-state index contributed by atoms with van der Waals surface area (Å²) in [5, 5.41) is 0. The van der Waals surface area contributed by atoms with Gasteiger partial charge in [-0.2, -0.15) is 0 Å². The first-order chi connectivity index (χ1) is 6.82. The van der Waals surface area contributed by atoms with Gasteiger partial charge in [-0.3, -0.25) is 4.98 Å². The summed E-state index contributed by atoms with van der Waals surface area (Å²) in [4.78, 5) is 4.15. The van der Waals surface area contributed by atoms with Crippen molar-refractivity contribution in [2.45, 2.75) is 24.7 Å². The summed E-state index contributed by atoms with van der Waals surface area (Å²) in [6, 6.07) is 1.91. The molecule has 0 saturated heterocycles. The van der Waals surface area contributed by atoms with Gasteiger partial charge < -0.3 is 10.5 Å². The highest BCUT2D eigenvalue weighted by Crippen LogP contribution is 2.45. The van der Waals surface area contributed by atoms with Crippen LogP contribution in [-0.4, -0.2) is 18.6 Å². The maximum Gasteiger partial charge on any atom is 0.125 e. The van der Waals surface area contributed by atoms with Gasteiger partial charge in [-0.15, -0.1) is 0 Å². The van der Waals surface area contributed by atoms with E-state index in [9.17, 15) is 0 Å². The van der Waals surface area contributed by atoms with Crippen molar-refractivity contribution in [1.82, 2.24) is 4.98 Å². The topological polar surface area (TPSA) is 48.1 Å². The highest BCUT2D eigenvalue weighted by Gasteiger charge is 2.39. The Labute approximate surface area is 84.3 Å². The van der Waals surface area contributed by atoms with Crippen LogP contribution in [0.2, 0.25) is 0 Å². The fourth-order valence-electron chi connectivity index (χ4n) is 2.14. The van der Waals surface area contributed by atoms with Crippen LogP contribution >= 0.6 is 0 Å². The Bertz CT molecular complexity index is 315. The summed E-state index contributed by atoms with van der Waals surface area (Å²) in [6.45, 7) is 0.690. The maximum absolute atomic E-state index is 5.84. The molecule has 0 spiro atoms. The summed E-state index contributed by atoms with van der Waals surface area (Å²) in [6.07, 6.45) is 7.22. The molecular weight excluding hydrogens is 176 g/mol. The first kappa shape index (κ1) is 9.46. The SMILES string of the molecule is COc1ccncc1C1(CN)CCC1. The zero-order valence-electron chi connectivity index (χ0n) is 8.49. The Morgan fingerprint density at radius 2 is 2.36 bits per heavy atom. The van der Waals surface area contributed by atoms with Crippen molar-refractivity contribution in [2.75, 3.05) is 13.7 Å². The molecule has 0 amide bonds. The molecule has 0 radical (unpaired) electrons. The van der Waals surface area contributed by atoms with E-state index in [1.165, 1.54) is 12.0 Å². The van der Waals surface area contributed by atoms with Crippen molar-refractivity contribution in [1.29, 1.82) is 0 Å². The Hall–Kier alpha value is -1.09. The third kappa shape index (κ3) is 1.28. The Kier molecular flexibility index (Phi) is 2.42. The molecule has 2 N–H and O–H groups in total. The van der Waals surface area contributed by atoms with Crippen LogP contribution in [0, 0.1) is 0 Å². The van der Waals surface area contributed by atoms with Gasteiger partial charge in [-0.1, -0.05) is 6.42 Å². The van der Waals surface area contributed by atoms with Crippen LogP contribution in [0.25, 0.3) is 0 Å². The number of aromatic nitrogens is 1. The van der Waals surface area contributed by atoms with E-state index in [2.05, 4.69) is 4.98 Å². The molecule has 1 heterocycles. The summed E-state index contributed by atoms with van der Waals surface area (Å²) < 4.78 is 5.33. The van der Waals surface area contributed by atoms with Crippen molar-refractivity contribution in [3.8, 4) is 5.75 Å². The van der Waals surface area contributed by atoms with Gasteiger partial charge in [0.05, 0.1) is 7.11 Å². The van der Waals surface area contributed by atoms with Crippen LogP contribution in [-0.2, 0) is 5.41 Å². The second kappa shape index (κ2) is 3.58. The van der Waals surface area contributed by atoms with E-state index in [0.29, 0.717) is 6.54 Å². The fourth-order valence-corrected chi connectivity index (χ4v) is 2.14. The molecular formula is C11H16N2O. The molecule has 0 bridgehead atoms. The highest BCUT2D eigenvalue weighted by molar-refractivity contribution is 5.39. The maximum atomic E-state index is 5.84. The second-order valence-electron chi connectivity index (χ2n) is 3.91. The van der Waals surface area contributed by atoms with Gasteiger partial charge in [0, 0.05) is 29.9 Å². The van der Waals surface area contributed by atoms with Gasteiger partial charge in [-0.05, 0) is 18.9 Å². The van der Waals surface area contributed by atoms with Crippen LogP contribution in [0.3, 0.4) is 0 Å².